The molecule has 0 spiro atoms. The minimum absolute atomic E-state index is 0.0492. The minimum atomic E-state index is -4.64. The summed E-state index contributed by atoms with van der Waals surface area (Å²) in [5.74, 6) is -0.881. The van der Waals surface area contributed by atoms with E-state index in [1.165, 1.54) is 17.8 Å². The fourth-order valence-corrected chi connectivity index (χ4v) is 4.01. The van der Waals surface area contributed by atoms with Gasteiger partial charge in [0, 0.05) is 25.2 Å². The van der Waals surface area contributed by atoms with Crippen LogP contribution in [0.5, 0.6) is 0 Å². The Morgan fingerprint density at radius 1 is 1.25 bits per heavy atom. The quantitative estimate of drug-likeness (QED) is 0.543. The number of halogens is 4. The zero-order chi connectivity index (χ0) is 23.8. The molecule has 0 bridgehead atoms. The Morgan fingerprint density at radius 2 is 1.91 bits per heavy atom. The fourth-order valence-electron chi connectivity index (χ4n) is 3.20. The van der Waals surface area contributed by atoms with Crippen LogP contribution in [0.15, 0.2) is 10.7 Å². The molecule has 2 N–H and O–H groups in total. The molecule has 12 heteroatoms. The van der Waals surface area contributed by atoms with Crippen molar-refractivity contribution in [3.05, 3.63) is 27.8 Å². The van der Waals surface area contributed by atoms with E-state index in [1.807, 2.05) is 20.8 Å². The topological polar surface area (TPSA) is 93.8 Å². The van der Waals surface area contributed by atoms with E-state index < -0.39 is 29.7 Å². The maximum absolute atomic E-state index is 13.4. The molecule has 1 aliphatic carbocycles. The number of amides is 2. The molecule has 1 aliphatic rings. The lowest BCUT2D eigenvalue weighted by Gasteiger charge is -2.16. The van der Waals surface area contributed by atoms with Crippen molar-refractivity contribution in [2.24, 2.45) is 5.92 Å². The number of hydrogen-bond donors (Lipinski definition) is 2. The van der Waals surface area contributed by atoms with Crippen molar-refractivity contribution in [3.8, 4) is 0 Å². The standard InChI is InChI=1S/C20H26BrF3N6O2/c1-5-29-9-13(15(27-29)19(32)25-8-10(2)3)26-18(31)11(4)30-16(12-6-7-12)14(21)17(28-30)20(22,23)24/h9-12H,5-8H2,1-4H3,(H,25,32)(H,26,31). The van der Waals surface area contributed by atoms with Gasteiger partial charge in [-0.2, -0.15) is 23.4 Å². The Bertz CT molecular complexity index is 1010. The summed E-state index contributed by atoms with van der Waals surface area (Å²) in [6, 6.07) is -1.03. The van der Waals surface area contributed by atoms with Gasteiger partial charge in [-0.3, -0.25) is 19.0 Å². The van der Waals surface area contributed by atoms with Gasteiger partial charge in [-0.1, -0.05) is 13.8 Å². The first-order chi connectivity index (χ1) is 14.9. The third kappa shape index (κ3) is 5.16. The SMILES string of the molecule is CCn1cc(NC(=O)C(C)n2nc(C(F)(F)F)c(Br)c2C2CC2)c(C(=O)NCC(C)C)n1. The van der Waals surface area contributed by atoms with Gasteiger partial charge in [0.1, 0.15) is 6.04 Å². The fraction of sp³-hybridized carbons (Fsp3) is 0.600. The van der Waals surface area contributed by atoms with E-state index in [2.05, 4.69) is 36.8 Å². The Morgan fingerprint density at radius 3 is 2.44 bits per heavy atom. The van der Waals surface area contributed by atoms with E-state index in [0.29, 0.717) is 18.8 Å². The molecule has 0 aromatic carbocycles. The van der Waals surface area contributed by atoms with Gasteiger partial charge in [-0.05, 0) is 48.5 Å². The van der Waals surface area contributed by atoms with E-state index >= 15 is 0 Å². The molecular weight excluding hydrogens is 493 g/mol. The highest BCUT2D eigenvalue weighted by Crippen LogP contribution is 2.47. The average molecular weight is 519 g/mol. The number of aromatic nitrogens is 4. The van der Waals surface area contributed by atoms with E-state index in [0.717, 1.165) is 17.5 Å². The normalized spacial score (nSPS) is 15.2. The first-order valence-corrected chi connectivity index (χ1v) is 11.2. The zero-order valence-electron chi connectivity index (χ0n) is 18.3. The molecule has 0 aliphatic heterocycles. The second-order valence-corrected chi connectivity index (χ2v) is 9.07. The number of carbonyl (C=O) groups is 2. The lowest BCUT2D eigenvalue weighted by atomic mass is 10.2. The van der Waals surface area contributed by atoms with E-state index in [1.54, 1.807) is 0 Å². The van der Waals surface area contributed by atoms with Gasteiger partial charge < -0.3 is 10.6 Å². The Balaban J connectivity index is 1.87. The van der Waals surface area contributed by atoms with E-state index in [9.17, 15) is 22.8 Å². The summed E-state index contributed by atoms with van der Waals surface area (Å²) in [6.07, 6.45) is -1.65. The molecular formula is C20H26BrF3N6O2. The van der Waals surface area contributed by atoms with Crippen LogP contribution >= 0.6 is 15.9 Å². The van der Waals surface area contributed by atoms with Gasteiger partial charge >= 0.3 is 6.18 Å². The average Bonchev–Trinajstić information content (AvgIpc) is 3.36. The molecule has 176 valence electrons. The smallest absolute Gasteiger partial charge is 0.350 e. The summed E-state index contributed by atoms with van der Waals surface area (Å²) in [6.45, 7) is 8.12. The summed E-state index contributed by atoms with van der Waals surface area (Å²) in [5, 5.41) is 13.3. The third-order valence-corrected chi connectivity index (χ3v) is 5.88. The molecule has 8 nitrogen and oxygen atoms in total. The summed E-state index contributed by atoms with van der Waals surface area (Å²) in [4.78, 5) is 25.5. The maximum Gasteiger partial charge on any atom is 0.436 e. The predicted octanol–water partition coefficient (Wildman–Crippen LogP) is 4.34. The van der Waals surface area contributed by atoms with Crippen LogP contribution in [0.2, 0.25) is 0 Å². The van der Waals surface area contributed by atoms with Crippen molar-refractivity contribution in [1.82, 2.24) is 24.9 Å². The lowest BCUT2D eigenvalue weighted by molar-refractivity contribution is -0.142. The number of carbonyl (C=O) groups excluding carboxylic acids is 2. The van der Waals surface area contributed by atoms with Crippen LogP contribution < -0.4 is 10.6 Å². The summed E-state index contributed by atoms with van der Waals surface area (Å²) >= 11 is 3.03. The summed E-state index contributed by atoms with van der Waals surface area (Å²) in [5.41, 5.74) is -0.445. The van der Waals surface area contributed by atoms with Crippen LogP contribution in [0.4, 0.5) is 18.9 Å². The van der Waals surface area contributed by atoms with Crippen molar-refractivity contribution in [1.29, 1.82) is 0 Å². The molecule has 1 unspecified atom stereocenters. The monoisotopic (exact) mass is 518 g/mol. The molecule has 1 atom stereocenters. The summed E-state index contributed by atoms with van der Waals surface area (Å²) < 4.78 is 42.7. The first kappa shape index (κ1) is 24.3. The first-order valence-electron chi connectivity index (χ1n) is 10.5. The van der Waals surface area contributed by atoms with Crippen LogP contribution in [-0.2, 0) is 17.5 Å². The van der Waals surface area contributed by atoms with Crippen LogP contribution in [0.3, 0.4) is 0 Å². The van der Waals surface area contributed by atoms with Gasteiger partial charge in [0.2, 0.25) is 5.91 Å². The Kier molecular flexibility index (Phi) is 7.01. The second kappa shape index (κ2) is 9.24. The van der Waals surface area contributed by atoms with Crippen LogP contribution in [0, 0.1) is 5.92 Å². The van der Waals surface area contributed by atoms with Crippen molar-refractivity contribution >= 4 is 33.4 Å². The van der Waals surface area contributed by atoms with Crippen molar-refractivity contribution < 1.29 is 22.8 Å². The highest BCUT2D eigenvalue weighted by atomic mass is 79.9. The molecule has 2 aromatic rings. The van der Waals surface area contributed by atoms with E-state index in [4.69, 9.17) is 0 Å². The molecule has 2 heterocycles. The van der Waals surface area contributed by atoms with Crippen LogP contribution in [0.1, 0.15) is 74.4 Å². The number of rotatable bonds is 8. The van der Waals surface area contributed by atoms with Crippen LogP contribution in [0.25, 0.3) is 0 Å². The molecule has 0 saturated heterocycles. The highest BCUT2D eigenvalue weighted by Gasteiger charge is 2.43. The van der Waals surface area contributed by atoms with Gasteiger partial charge in [-0.25, -0.2) is 0 Å². The Hall–Kier alpha value is -2.37. The van der Waals surface area contributed by atoms with Crippen molar-refractivity contribution in [2.75, 3.05) is 11.9 Å². The molecule has 1 saturated carbocycles. The van der Waals surface area contributed by atoms with E-state index in [-0.39, 0.29) is 27.7 Å². The Labute approximate surface area is 192 Å². The lowest BCUT2D eigenvalue weighted by Crippen LogP contribution is -2.30. The minimum Gasteiger partial charge on any atom is -0.350 e. The number of hydrogen-bond acceptors (Lipinski definition) is 4. The molecule has 1 fully saturated rings. The molecule has 32 heavy (non-hydrogen) atoms. The predicted molar refractivity (Wildman–Crippen MR) is 115 cm³/mol. The zero-order valence-corrected chi connectivity index (χ0v) is 19.8. The molecule has 2 amide bonds. The maximum atomic E-state index is 13.4. The van der Waals surface area contributed by atoms with Gasteiger partial charge in [0.25, 0.3) is 5.91 Å². The summed E-state index contributed by atoms with van der Waals surface area (Å²) in [7, 11) is 0. The van der Waals surface area contributed by atoms with Crippen LogP contribution in [-0.4, -0.2) is 37.9 Å². The molecule has 3 rings (SSSR count). The van der Waals surface area contributed by atoms with Gasteiger partial charge in [0.15, 0.2) is 11.4 Å². The second-order valence-electron chi connectivity index (χ2n) is 8.28. The van der Waals surface area contributed by atoms with Crippen molar-refractivity contribution in [2.45, 2.75) is 65.2 Å². The third-order valence-electron chi connectivity index (χ3n) is 5.10. The largest absolute Gasteiger partial charge is 0.436 e. The number of anilines is 1. The van der Waals surface area contributed by atoms with Gasteiger partial charge in [-0.15, -0.1) is 0 Å². The number of nitrogens with zero attached hydrogens (tertiary/aromatic N) is 4. The van der Waals surface area contributed by atoms with Crippen molar-refractivity contribution in [3.63, 3.8) is 0 Å². The number of nitrogens with one attached hydrogen (secondary N) is 2. The van der Waals surface area contributed by atoms with Gasteiger partial charge in [0.05, 0.1) is 15.9 Å². The molecule has 2 aromatic heterocycles. The number of alkyl halides is 3. The number of aryl methyl sites for hydroxylation is 1. The highest BCUT2D eigenvalue weighted by molar-refractivity contribution is 9.10. The molecule has 0 radical (unpaired) electrons.